The molecule has 2 aromatic rings. The molecular formula is C20H21N3O2S. The van der Waals surface area contributed by atoms with Gasteiger partial charge in [0, 0.05) is 24.0 Å². The number of nitrogens with zero attached hydrogens (tertiary/aromatic N) is 2. The van der Waals surface area contributed by atoms with Gasteiger partial charge in [-0.15, -0.1) is 0 Å². The third-order valence-corrected chi connectivity index (χ3v) is 6.41. The largest absolute Gasteiger partial charge is 0.493 e. The third-order valence-electron chi connectivity index (χ3n) is 4.86. The van der Waals surface area contributed by atoms with Crippen LogP contribution in [0.5, 0.6) is 5.75 Å². The van der Waals surface area contributed by atoms with Crippen molar-refractivity contribution < 1.29 is 9.53 Å². The molecule has 1 spiro atoms. The highest BCUT2D eigenvalue weighted by atomic mass is 32.2. The fourth-order valence-corrected chi connectivity index (χ4v) is 5.25. The molecular weight excluding hydrogens is 346 g/mol. The lowest BCUT2D eigenvalue weighted by atomic mass is 9.86. The Hall–Kier alpha value is -2.31. The molecule has 0 aliphatic carbocycles. The molecule has 2 aliphatic heterocycles. The third kappa shape index (κ3) is 2.61. The number of thioether (sulfide) groups is 1. The molecule has 26 heavy (non-hydrogen) atoms. The summed E-state index contributed by atoms with van der Waals surface area (Å²) in [6, 6.07) is 17.9. The van der Waals surface area contributed by atoms with E-state index in [0.29, 0.717) is 13.2 Å². The molecule has 5 nitrogen and oxygen atoms in total. The number of hydrogen-bond donors (Lipinski definition) is 1. The molecule has 2 N–H and O–H groups in total. The Balaban J connectivity index is 1.87. The van der Waals surface area contributed by atoms with Crippen LogP contribution in [-0.2, 0) is 9.67 Å². The molecule has 0 aromatic heterocycles. The van der Waals surface area contributed by atoms with E-state index < -0.39 is 4.87 Å². The zero-order chi connectivity index (χ0) is 18.1. The van der Waals surface area contributed by atoms with Crippen LogP contribution in [0, 0.1) is 5.92 Å². The van der Waals surface area contributed by atoms with Crippen LogP contribution >= 0.6 is 11.8 Å². The molecule has 4 rings (SSSR count). The van der Waals surface area contributed by atoms with Crippen LogP contribution in [0.1, 0.15) is 24.5 Å². The maximum Gasteiger partial charge on any atom is 0.241 e. The van der Waals surface area contributed by atoms with Crippen LogP contribution < -0.4 is 10.5 Å². The summed E-state index contributed by atoms with van der Waals surface area (Å²) < 4.78 is 5.99. The average Bonchev–Trinajstić information content (AvgIpc) is 3.07. The van der Waals surface area contributed by atoms with Crippen molar-refractivity contribution in [3.05, 3.63) is 65.7 Å². The topological polar surface area (TPSA) is 67.9 Å². The van der Waals surface area contributed by atoms with Crippen molar-refractivity contribution in [2.45, 2.75) is 18.2 Å². The van der Waals surface area contributed by atoms with Crippen molar-refractivity contribution in [3.8, 4) is 5.75 Å². The van der Waals surface area contributed by atoms with Gasteiger partial charge < -0.3 is 10.5 Å². The quantitative estimate of drug-likeness (QED) is 0.905. The molecule has 0 bridgehead atoms. The predicted molar refractivity (Wildman–Crippen MR) is 104 cm³/mol. The van der Waals surface area contributed by atoms with Gasteiger partial charge in [0.15, 0.2) is 4.87 Å². The number of ether oxygens (including phenoxy) is 1. The second-order valence-corrected chi connectivity index (χ2v) is 7.70. The monoisotopic (exact) mass is 367 g/mol. The Morgan fingerprint density at radius 2 is 2.00 bits per heavy atom. The standard InChI is InChI=1S/C20H21N3O2S/c1-14(24)23-20(26-19(22-23)15-7-3-2-4-8-15)16(11-12-21)13-25-18-10-6-5-9-17(18)20/h2-10,16H,11-13,21H2,1H3/t16-,20+/m0/s1. The van der Waals surface area contributed by atoms with Crippen LogP contribution in [0.4, 0.5) is 0 Å². The van der Waals surface area contributed by atoms with Crippen LogP contribution in [0.25, 0.3) is 0 Å². The molecule has 2 aromatic carbocycles. The van der Waals surface area contributed by atoms with E-state index in [4.69, 9.17) is 15.6 Å². The number of hydrogen-bond acceptors (Lipinski definition) is 5. The van der Waals surface area contributed by atoms with E-state index in [1.807, 2.05) is 54.6 Å². The highest BCUT2D eigenvalue weighted by molar-refractivity contribution is 8.15. The van der Waals surface area contributed by atoms with E-state index in [2.05, 4.69) is 0 Å². The van der Waals surface area contributed by atoms with Crippen molar-refractivity contribution in [1.82, 2.24) is 5.01 Å². The molecule has 134 valence electrons. The summed E-state index contributed by atoms with van der Waals surface area (Å²) >= 11 is 1.63. The Morgan fingerprint density at radius 1 is 1.27 bits per heavy atom. The summed E-state index contributed by atoms with van der Waals surface area (Å²) in [5, 5.41) is 7.22. The lowest BCUT2D eigenvalue weighted by Crippen LogP contribution is -2.51. The molecule has 0 fully saturated rings. The summed E-state index contributed by atoms with van der Waals surface area (Å²) in [4.78, 5) is 12.0. The number of para-hydroxylation sites is 1. The smallest absolute Gasteiger partial charge is 0.241 e. The van der Waals surface area contributed by atoms with E-state index in [0.717, 1.165) is 28.3 Å². The van der Waals surface area contributed by atoms with Crippen LogP contribution in [0.15, 0.2) is 59.7 Å². The first-order chi connectivity index (χ1) is 12.7. The molecule has 2 atom stereocenters. The van der Waals surface area contributed by atoms with Gasteiger partial charge in [0.2, 0.25) is 5.91 Å². The second kappa shape index (κ2) is 6.78. The lowest BCUT2D eigenvalue weighted by Gasteiger charge is -2.45. The number of fused-ring (bicyclic) bond motifs is 2. The van der Waals surface area contributed by atoms with E-state index in [-0.39, 0.29) is 11.8 Å². The summed E-state index contributed by atoms with van der Waals surface area (Å²) in [6.07, 6.45) is 0.753. The summed E-state index contributed by atoms with van der Waals surface area (Å²) in [6.45, 7) is 2.62. The predicted octanol–water partition coefficient (Wildman–Crippen LogP) is 3.15. The van der Waals surface area contributed by atoms with Gasteiger partial charge >= 0.3 is 0 Å². The first-order valence-corrected chi connectivity index (χ1v) is 9.54. The van der Waals surface area contributed by atoms with Gasteiger partial charge in [-0.2, -0.15) is 5.10 Å². The van der Waals surface area contributed by atoms with Gasteiger partial charge in [-0.25, -0.2) is 5.01 Å². The van der Waals surface area contributed by atoms with Crippen LogP contribution in [0.3, 0.4) is 0 Å². The highest BCUT2D eigenvalue weighted by Gasteiger charge is 2.56. The van der Waals surface area contributed by atoms with Gasteiger partial charge in [-0.05, 0) is 19.0 Å². The number of rotatable bonds is 3. The van der Waals surface area contributed by atoms with Crippen LogP contribution in [-0.4, -0.2) is 29.1 Å². The molecule has 0 unspecified atom stereocenters. The van der Waals surface area contributed by atoms with E-state index in [1.165, 1.54) is 0 Å². The maximum absolute atomic E-state index is 12.6. The SMILES string of the molecule is CC(=O)N1N=C(c2ccccc2)S[C@]12c1ccccc1OC[C@@H]2CCN. The Bertz CT molecular complexity index is 855. The number of nitrogens with two attached hydrogens (primary N) is 1. The molecule has 0 saturated heterocycles. The average molecular weight is 367 g/mol. The maximum atomic E-state index is 12.6. The molecule has 1 amide bonds. The molecule has 0 radical (unpaired) electrons. The van der Waals surface area contributed by atoms with Gasteiger partial charge in [-0.1, -0.05) is 60.3 Å². The zero-order valence-electron chi connectivity index (χ0n) is 14.6. The fraction of sp³-hybridized carbons (Fsp3) is 0.300. The van der Waals surface area contributed by atoms with E-state index in [1.54, 1.807) is 23.7 Å². The molecule has 2 heterocycles. The van der Waals surface area contributed by atoms with Gasteiger partial charge in [0.25, 0.3) is 0 Å². The van der Waals surface area contributed by atoms with Crippen molar-refractivity contribution in [1.29, 1.82) is 0 Å². The number of carbonyl (C=O) groups is 1. The van der Waals surface area contributed by atoms with Gasteiger partial charge in [0.1, 0.15) is 10.8 Å². The van der Waals surface area contributed by atoms with Crippen molar-refractivity contribution >= 4 is 22.7 Å². The number of carbonyl (C=O) groups excluding carboxylic acids is 1. The van der Waals surface area contributed by atoms with Gasteiger partial charge in [-0.3, -0.25) is 4.79 Å². The normalized spacial score (nSPS) is 24.2. The van der Waals surface area contributed by atoms with Crippen molar-refractivity contribution in [2.75, 3.05) is 13.2 Å². The number of benzene rings is 2. The molecule has 6 heteroatoms. The summed E-state index contributed by atoms with van der Waals surface area (Å²) in [7, 11) is 0. The van der Waals surface area contributed by atoms with Crippen LogP contribution in [0.2, 0.25) is 0 Å². The lowest BCUT2D eigenvalue weighted by molar-refractivity contribution is -0.134. The minimum atomic E-state index is -0.620. The van der Waals surface area contributed by atoms with E-state index in [9.17, 15) is 4.79 Å². The fourth-order valence-electron chi connectivity index (χ4n) is 3.70. The molecule has 0 saturated carbocycles. The second-order valence-electron chi connectivity index (χ2n) is 6.48. The minimum absolute atomic E-state index is 0.0567. The first kappa shape index (κ1) is 17.1. The Kier molecular flexibility index (Phi) is 4.46. The zero-order valence-corrected chi connectivity index (χ0v) is 15.4. The van der Waals surface area contributed by atoms with Crippen molar-refractivity contribution in [2.24, 2.45) is 16.8 Å². The Morgan fingerprint density at radius 3 is 2.73 bits per heavy atom. The summed E-state index contributed by atoms with van der Waals surface area (Å²) in [5.74, 6) is 0.785. The first-order valence-electron chi connectivity index (χ1n) is 8.73. The van der Waals surface area contributed by atoms with E-state index >= 15 is 0 Å². The Labute approximate surface area is 157 Å². The van der Waals surface area contributed by atoms with Crippen molar-refractivity contribution in [3.63, 3.8) is 0 Å². The number of hydrazone groups is 1. The molecule has 2 aliphatic rings. The summed E-state index contributed by atoms with van der Waals surface area (Å²) in [5.41, 5.74) is 7.89. The minimum Gasteiger partial charge on any atom is -0.493 e. The number of amides is 1. The van der Waals surface area contributed by atoms with Gasteiger partial charge in [0.05, 0.1) is 6.61 Å². The highest BCUT2D eigenvalue weighted by Crippen LogP contribution is 2.57.